The van der Waals surface area contributed by atoms with Crippen molar-refractivity contribution in [2.75, 3.05) is 16.6 Å². The molecule has 0 bridgehead atoms. The van der Waals surface area contributed by atoms with E-state index in [4.69, 9.17) is 4.74 Å². The lowest BCUT2D eigenvalue weighted by molar-refractivity contribution is -0.384. The Morgan fingerprint density at radius 2 is 1.89 bits per heavy atom. The molecular weight excluding hydrogens is 374 g/mol. The normalized spacial score (nSPS) is 10.9. The van der Waals surface area contributed by atoms with Gasteiger partial charge in [0.25, 0.3) is 15.7 Å². The van der Waals surface area contributed by atoms with Crippen molar-refractivity contribution in [1.29, 1.82) is 0 Å². The molecule has 0 aliphatic heterocycles. The molecule has 0 fully saturated rings. The maximum atomic E-state index is 12.7. The first-order valence-electron chi connectivity index (χ1n) is 7.96. The lowest BCUT2D eigenvalue weighted by Crippen LogP contribution is -2.15. The Bertz CT molecular complexity index is 988. The number of aryl methyl sites for hydroxylation is 1. The van der Waals surface area contributed by atoms with Crippen molar-refractivity contribution in [3.63, 3.8) is 0 Å². The highest BCUT2D eigenvalue weighted by Crippen LogP contribution is 2.30. The van der Waals surface area contributed by atoms with Crippen LogP contribution in [0.2, 0.25) is 0 Å². The Balaban J connectivity index is 2.38. The Kier molecular flexibility index (Phi) is 6.01. The number of hydrogen-bond acceptors (Lipinski definition) is 6. The average Bonchev–Trinajstić information content (AvgIpc) is 2.57. The molecular formula is C17H19N3O6S. The van der Waals surface area contributed by atoms with E-state index in [1.54, 1.807) is 13.8 Å². The molecule has 0 unspecified atom stereocenters. The lowest BCUT2D eigenvalue weighted by atomic mass is 10.2. The Labute approximate surface area is 156 Å². The first-order chi connectivity index (χ1) is 12.6. The van der Waals surface area contributed by atoms with Crippen LogP contribution in [0.5, 0.6) is 5.75 Å². The smallest absolute Gasteiger partial charge is 0.269 e. The topological polar surface area (TPSA) is 128 Å². The molecule has 2 rings (SSSR count). The minimum absolute atomic E-state index is 0.0903. The molecule has 0 saturated carbocycles. The number of ether oxygens (including phenoxy) is 1. The average molecular weight is 393 g/mol. The zero-order chi connectivity index (χ0) is 20.2. The fourth-order valence-corrected chi connectivity index (χ4v) is 3.48. The van der Waals surface area contributed by atoms with E-state index in [9.17, 15) is 23.3 Å². The summed E-state index contributed by atoms with van der Waals surface area (Å²) in [6, 6.07) is 7.90. The van der Waals surface area contributed by atoms with Crippen molar-refractivity contribution >= 4 is 33.0 Å². The van der Waals surface area contributed by atoms with Gasteiger partial charge in [-0.05, 0) is 43.7 Å². The number of nitrogens with one attached hydrogen (secondary N) is 2. The van der Waals surface area contributed by atoms with Gasteiger partial charge in [0.15, 0.2) is 0 Å². The number of hydrogen-bond donors (Lipinski definition) is 2. The number of benzene rings is 2. The maximum Gasteiger partial charge on any atom is 0.269 e. The highest BCUT2D eigenvalue weighted by Gasteiger charge is 2.19. The predicted octanol–water partition coefficient (Wildman–Crippen LogP) is 3.06. The molecule has 2 aromatic rings. The standard InChI is InChI=1S/C17H19N3O6S/c1-4-26-17-8-6-14(10-16(17)18-12(3)21)27(24,25)19-15-7-5-13(20(22)23)9-11(15)2/h5-10,19H,4H2,1-3H3,(H,18,21). The monoisotopic (exact) mass is 393 g/mol. The summed E-state index contributed by atoms with van der Waals surface area (Å²) < 4.78 is 33.1. The molecule has 27 heavy (non-hydrogen) atoms. The molecule has 9 nitrogen and oxygen atoms in total. The molecule has 2 N–H and O–H groups in total. The van der Waals surface area contributed by atoms with E-state index in [1.807, 2.05) is 0 Å². The Morgan fingerprint density at radius 3 is 2.44 bits per heavy atom. The molecule has 0 heterocycles. The van der Waals surface area contributed by atoms with Crippen LogP contribution in [0.4, 0.5) is 17.1 Å². The fraction of sp³-hybridized carbons (Fsp3) is 0.235. The summed E-state index contributed by atoms with van der Waals surface area (Å²) in [5.41, 5.74) is 0.716. The van der Waals surface area contributed by atoms with E-state index >= 15 is 0 Å². The second-order valence-corrected chi connectivity index (χ2v) is 7.32. The number of nitro benzene ring substituents is 1. The molecule has 10 heteroatoms. The molecule has 0 aromatic heterocycles. The zero-order valence-corrected chi connectivity index (χ0v) is 15.8. The van der Waals surface area contributed by atoms with E-state index in [2.05, 4.69) is 10.0 Å². The minimum atomic E-state index is -3.99. The number of non-ortho nitro benzene ring substituents is 1. The number of carbonyl (C=O) groups excluding carboxylic acids is 1. The summed E-state index contributed by atoms with van der Waals surface area (Å²) in [4.78, 5) is 21.5. The highest BCUT2D eigenvalue weighted by molar-refractivity contribution is 7.92. The second kappa shape index (κ2) is 8.04. The van der Waals surface area contributed by atoms with Crippen LogP contribution in [0.1, 0.15) is 19.4 Å². The number of sulfonamides is 1. The molecule has 0 aliphatic rings. The molecule has 0 spiro atoms. The number of nitro groups is 1. The van der Waals surface area contributed by atoms with E-state index in [-0.39, 0.29) is 27.9 Å². The predicted molar refractivity (Wildman–Crippen MR) is 101 cm³/mol. The van der Waals surface area contributed by atoms with Crippen LogP contribution in [0.3, 0.4) is 0 Å². The van der Waals surface area contributed by atoms with Gasteiger partial charge in [-0.3, -0.25) is 19.6 Å². The number of amides is 1. The van der Waals surface area contributed by atoms with Gasteiger partial charge >= 0.3 is 0 Å². The van der Waals surface area contributed by atoms with Gasteiger partial charge in [-0.15, -0.1) is 0 Å². The summed E-state index contributed by atoms with van der Waals surface area (Å²) in [6.07, 6.45) is 0. The molecule has 0 radical (unpaired) electrons. The number of rotatable bonds is 7. The van der Waals surface area contributed by atoms with Crippen LogP contribution in [0.25, 0.3) is 0 Å². The number of anilines is 2. The van der Waals surface area contributed by atoms with E-state index in [0.29, 0.717) is 17.9 Å². The molecule has 0 aliphatic carbocycles. The maximum absolute atomic E-state index is 12.7. The van der Waals surface area contributed by atoms with Gasteiger partial charge in [0.1, 0.15) is 5.75 Å². The van der Waals surface area contributed by atoms with Gasteiger partial charge < -0.3 is 10.1 Å². The van der Waals surface area contributed by atoms with Crippen molar-refractivity contribution in [3.05, 3.63) is 52.1 Å². The van der Waals surface area contributed by atoms with Gasteiger partial charge in [0.2, 0.25) is 5.91 Å². The van der Waals surface area contributed by atoms with Crippen molar-refractivity contribution in [2.24, 2.45) is 0 Å². The van der Waals surface area contributed by atoms with Crippen LogP contribution in [0.15, 0.2) is 41.3 Å². The van der Waals surface area contributed by atoms with Crippen LogP contribution in [-0.2, 0) is 14.8 Å². The minimum Gasteiger partial charge on any atom is -0.492 e. The highest BCUT2D eigenvalue weighted by atomic mass is 32.2. The van der Waals surface area contributed by atoms with Crippen molar-refractivity contribution in [1.82, 2.24) is 0 Å². The van der Waals surface area contributed by atoms with Crippen LogP contribution in [-0.4, -0.2) is 25.9 Å². The summed E-state index contributed by atoms with van der Waals surface area (Å²) in [5.74, 6) is -0.0251. The molecule has 144 valence electrons. The van der Waals surface area contributed by atoms with Crippen LogP contribution in [0, 0.1) is 17.0 Å². The number of carbonyl (C=O) groups is 1. The Hall–Kier alpha value is -3.14. The van der Waals surface area contributed by atoms with Crippen molar-refractivity contribution < 1.29 is 22.9 Å². The second-order valence-electron chi connectivity index (χ2n) is 5.63. The van der Waals surface area contributed by atoms with Gasteiger partial charge in [-0.1, -0.05) is 0 Å². The van der Waals surface area contributed by atoms with Crippen LogP contribution < -0.4 is 14.8 Å². The first-order valence-corrected chi connectivity index (χ1v) is 9.44. The largest absolute Gasteiger partial charge is 0.492 e. The summed E-state index contributed by atoms with van der Waals surface area (Å²) in [5, 5.41) is 13.3. The first kappa shape index (κ1) is 20.2. The fourth-order valence-electron chi connectivity index (χ4n) is 2.32. The Morgan fingerprint density at radius 1 is 1.19 bits per heavy atom. The summed E-state index contributed by atoms with van der Waals surface area (Å²) in [6.45, 7) is 4.97. The van der Waals surface area contributed by atoms with E-state index < -0.39 is 14.9 Å². The molecule has 2 aromatic carbocycles. The third-order valence-corrected chi connectivity index (χ3v) is 4.90. The van der Waals surface area contributed by atoms with Gasteiger partial charge in [0, 0.05) is 19.1 Å². The summed E-state index contributed by atoms with van der Waals surface area (Å²) in [7, 11) is -3.99. The number of nitrogens with zero attached hydrogens (tertiary/aromatic N) is 1. The summed E-state index contributed by atoms with van der Waals surface area (Å²) >= 11 is 0. The van der Waals surface area contributed by atoms with Gasteiger partial charge in [-0.25, -0.2) is 8.42 Å². The van der Waals surface area contributed by atoms with Crippen LogP contribution >= 0.6 is 0 Å². The molecule has 0 saturated heterocycles. The zero-order valence-electron chi connectivity index (χ0n) is 15.0. The van der Waals surface area contributed by atoms with Crippen molar-refractivity contribution in [3.8, 4) is 5.75 Å². The van der Waals surface area contributed by atoms with E-state index in [1.165, 1.54) is 43.3 Å². The third-order valence-electron chi connectivity index (χ3n) is 3.54. The third kappa shape index (κ3) is 4.94. The molecule has 1 amide bonds. The molecule has 0 atom stereocenters. The quantitative estimate of drug-likeness (QED) is 0.550. The van der Waals surface area contributed by atoms with Gasteiger partial charge in [-0.2, -0.15) is 0 Å². The van der Waals surface area contributed by atoms with Gasteiger partial charge in [0.05, 0.1) is 27.8 Å². The SMILES string of the molecule is CCOc1ccc(S(=O)(=O)Nc2ccc([N+](=O)[O-])cc2C)cc1NC(C)=O. The van der Waals surface area contributed by atoms with E-state index in [0.717, 1.165) is 0 Å². The van der Waals surface area contributed by atoms with Crippen molar-refractivity contribution in [2.45, 2.75) is 25.7 Å². The lowest BCUT2D eigenvalue weighted by Gasteiger charge is -2.14.